The summed E-state index contributed by atoms with van der Waals surface area (Å²) in [7, 11) is 0. The first-order chi connectivity index (χ1) is 7.41. The molecular formula is C12H16O4. The van der Waals surface area contributed by atoms with Crippen LogP contribution in [0.5, 0.6) is 5.75 Å². The molecule has 1 rings (SSSR count). The van der Waals surface area contributed by atoms with Crippen LogP contribution in [0.3, 0.4) is 0 Å². The number of carboxylic acid groups (broad SMARTS) is 1. The Bertz CT molecular complexity index is 371. The zero-order valence-electron chi connectivity index (χ0n) is 9.43. The van der Waals surface area contributed by atoms with Crippen LogP contribution in [0.2, 0.25) is 0 Å². The summed E-state index contributed by atoms with van der Waals surface area (Å²) in [6.45, 7) is 3.30. The van der Waals surface area contributed by atoms with E-state index in [4.69, 9.17) is 9.84 Å². The first-order valence-corrected chi connectivity index (χ1v) is 5.03. The van der Waals surface area contributed by atoms with Crippen molar-refractivity contribution in [3.63, 3.8) is 0 Å². The van der Waals surface area contributed by atoms with Crippen LogP contribution in [0.15, 0.2) is 24.3 Å². The van der Waals surface area contributed by atoms with Gasteiger partial charge in [-0.05, 0) is 25.5 Å². The number of benzene rings is 1. The third-order valence-electron chi connectivity index (χ3n) is 2.16. The molecule has 0 radical (unpaired) electrons. The average Bonchev–Trinajstić information content (AvgIpc) is 2.14. The summed E-state index contributed by atoms with van der Waals surface area (Å²) in [6, 6.07) is 7.39. The van der Waals surface area contributed by atoms with Crippen molar-refractivity contribution in [2.75, 3.05) is 6.61 Å². The number of aryl methyl sites for hydroxylation is 1. The summed E-state index contributed by atoms with van der Waals surface area (Å²) in [4.78, 5) is 10.5. The van der Waals surface area contributed by atoms with Crippen LogP contribution in [0.25, 0.3) is 0 Å². The highest BCUT2D eigenvalue weighted by atomic mass is 16.5. The van der Waals surface area contributed by atoms with Gasteiger partial charge in [0.2, 0.25) is 0 Å². The summed E-state index contributed by atoms with van der Waals surface area (Å²) < 4.78 is 5.39. The van der Waals surface area contributed by atoms with Crippen LogP contribution in [-0.2, 0) is 4.79 Å². The van der Waals surface area contributed by atoms with Crippen molar-refractivity contribution >= 4 is 5.97 Å². The van der Waals surface area contributed by atoms with Crippen molar-refractivity contribution in [3.05, 3.63) is 29.8 Å². The van der Waals surface area contributed by atoms with E-state index in [9.17, 15) is 9.90 Å². The number of rotatable bonds is 5. The van der Waals surface area contributed by atoms with Crippen LogP contribution in [0, 0.1) is 6.92 Å². The van der Waals surface area contributed by atoms with Gasteiger partial charge < -0.3 is 14.9 Å². The van der Waals surface area contributed by atoms with E-state index in [1.165, 1.54) is 6.92 Å². The second-order valence-electron chi connectivity index (χ2n) is 4.12. The number of aliphatic carboxylic acids is 1. The topological polar surface area (TPSA) is 66.8 Å². The fourth-order valence-electron chi connectivity index (χ4n) is 1.33. The van der Waals surface area contributed by atoms with Gasteiger partial charge in [-0.25, -0.2) is 0 Å². The van der Waals surface area contributed by atoms with Crippen LogP contribution in [-0.4, -0.2) is 28.4 Å². The minimum absolute atomic E-state index is 0.0375. The van der Waals surface area contributed by atoms with Crippen molar-refractivity contribution in [3.8, 4) is 5.75 Å². The molecule has 0 aliphatic heterocycles. The van der Waals surface area contributed by atoms with Gasteiger partial charge >= 0.3 is 5.97 Å². The van der Waals surface area contributed by atoms with Gasteiger partial charge in [0.15, 0.2) is 0 Å². The van der Waals surface area contributed by atoms with E-state index in [0.29, 0.717) is 5.75 Å². The van der Waals surface area contributed by atoms with E-state index in [-0.39, 0.29) is 13.0 Å². The number of ether oxygens (including phenoxy) is 1. The van der Waals surface area contributed by atoms with Crippen molar-refractivity contribution < 1.29 is 19.7 Å². The normalized spacial score (nSPS) is 14.2. The van der Waals surface area contributed by atoms with Crippen molar-refractivity contribution in [1.29, 1.82) is 0 Å². The molecule has 0 fully saturated rings. The summed E-state index contributed by atoms with van der Waals surface area (Å²) in [5.74, 6) is -0.383. The predicted octanol–water partition coefficient (Wildman–Crippen LogP) is 1.60. The molecule has 0 spiro atoms. The highest BCUT2D eigenvalue weighted by molar-refractivity contribution is 5.68. The zero-order valence-corrected chi connectivity index (χ0v) is 9.43. The van der Waals surface area contributed by atoms with Crippen molar-refractivity contribution in [1.82, 2.24) is 0 Å². The Kier molecular flexibility index (Phi) is 3.90. The molecule has 4 nitrogen and oxygen atoms in total. The van der Waals surface area contributed by atoms with Gasteiger partial charge in [0.1, 0.15) is 18.0 Å². The minimum Gasteiger partial charge on any atom is -0.490 e. The maximum Gasteiger partial charge on any atom is 0.306 e. The summed E-state index contributed by atoms with van der Waals surface area (Å²) in [5.41, 5.74) is -0.401. The second kappa shape index (κ2) is 4.99. The number of hydrogen-bond donors (Lipinski definition) is 2. The number of aliphatic hydroxyl groups is 1. The molecule has 16 heavy (non-hydrogen) atoms. The molecule has 0 saturated heterocycles. The SMILES string of the molecule is Cc1ccccc1OCC(C)(O)CC(=O)O. The number of hydrogen-bond acceptors (Lipinski definition) is 3. The summed E-state index contributed by atoms with van der Waals surface area (Å²) in [5, 5.41) is 18.3. The van der Waals surface area contributed by atoms with Gasteiger partial charge in [-0.2, -0.15) is 0 Å². The fourth-order valence-corrected chi connectivity index (χ4v) is 1.33. The standard InChI is InChI=1S/C12H16O4/c1-9-5-3-4-6-10(9)16-8-12(2,15)7-11(13)14/h3-6,15H,7-8H2,1-2H3,(H,13,14). The number of carbonyl (C=O) groups is 1. The lowest BCUT2D eigenvalue weighted by Gasteiger charge is -2.21. The average molecular weight is 224 g/mol. The van der Waals surface area contributed by atoms with E-state index in [2.05, 4.69) is 0 Å². The predicted molar refractivity (Wildman–Crippen MR) is 59.6 cm³/mol. The molecule has 1 unspecified atom stereocenters. The number of carboxylic acids is 1. The van der Waals surface area contributed by atoms with Gasteiger partial charge in [-0.1, -0.05) is 18.2 Å². The molecule has 0 bridgehead atoms. The van der Waals surface area contributed by atoms with Crippen LogP contribution in [0.1, 0.15) is 18.9 Å². The fraction of sp³-hybridized carbons (Fsp3) is 0.417. The molecule has 0 heterocycles. The van der Waals surface area contributed by atoms with E-state index in [1.54, 1.807) is 6.07 Å². The maximum atomic E-state index is 10.5. The molecule has 0 amide bonds. The lowest BCUT2D eigenvalue weighted by atomic mass is 10.0. The molecule has 0 aliphatic rings. The van der Waals surface area contributed by atoms with Crippen LogP contribution >= 0.6 is 0 Å². The Morgan fingerprint density at radius 3 is 2.62 bits per heavy atom. The summed E-state index contributed by atoms with van der Waals surface area (Å²) in [6.07, 6.45) is -0.334. The van der Waals surface area contributed by atoms with E-state index in [1.807, 2.05) is 25.1 Å². The van der Waals surface area contributed by atoms with E-state index < -0.39 is 11.6 Å². The van der Waals surface area contributed by atoms with Gasteiger partial charge in [0.05, 0.1) is 6.42 Å². The summed E-state index contributed by atoms with van der Waals surface area (Å²) >= 11 is 0. The lowest BCUT2D eigenvalue weighted by Crippen LogP contribution is -2.35. The Morgan fingerprint density at radius 2 is 2.06 bits per heavy atom. The van der Waals surface area contributed by atoms with Gasteiger partial charge in [0.25, 0.3) is 0 Å². The van der Waals surface area contributed by atoms with Crippen molar-refractivity contribution in [2.45, 2.75) is 25.9 Å². The molecule has 0 saturated carbocycles. The van der Waals surface area contributed by atoms with Crippen LogP contribution in [0.4, 0.5) is 0 Å². The molecule has 0 aliphatic carbocycles. The number of para-hydroxylation sites is 1. The molecular weight excluding hydrogens is 208 g/mol. The van der Waals surface area contributed by atoms with Gasteiger partial charge in [-0.3, -0.25) is 4.79 Å². The smallest absolute Gasteiger partial charge is 0.306 e. The highest BCUT2D eigenvalue weighted by Crippen LogP contribution is 2.19. The second-order valence-corrected chi connectivity index (χ2v) is 4.12. The lowest BCUT2D eigenvalue weighted by molar-refractivity contribution is -0.143. The Balaban J connectivity index is 2.57. The van der Waals surface area contributed by atoms with E-state index in [0.717, 1.165) is 5.56 Å². The maximum absolute atomic E-state index is 10.5. The Hall–Kier alpha value is -1.55. The zero-order chi connectivity index (χ0) is 12.2. The first-order valence-electron chi connectivity index (χ1n) is 5.03. The largest absolute Gasteiger partial charge is 0.490 e. The molecule has 1 atom stereocenters. The third kappa shape index (κ3) is 3.90. The van der Waals surface area contributed by atoms with Crippen LogP contribution < -0.4 is 4.74 Å². The monoisotopic (exact) mass is 224 g/mol. The third-order valence-corrected chi connectivity index (χ3v) is 2.16. The van der Waals surface area contributed by atoms with Gasteiger partial charge in [0, 0.05) is 0 Å². The highest BCUT2D eigenvalue weighted by Gasteiger charge is 2.25. The molecule has 4 heteroatoms. The Morgan fingerprint density at radius 1 is 1.44 bits per heavy atom. The van der Waals surface area contributed by atoms with E-state index >= 15 is 0 Å². The molecule has 1 aromatic rings. The molecule has 0 aromatic heterocycles. The molecule has 88 valence electrons. The minimum atomic E-state index is -1.35. The Labute approximate surface area is 94.5 Å². The van der Waals surface area contributed by atoms with Crippen molar-refractivity contribution in [2.24, 2.45) is 0 Å². The quantitative estimate of drug-likeness (QED) is 0.797. The van der Waals surface area contributed by atoms with Gasteiger partial charge in [-0.15, -0.1) is 0 Å². The molecule has 1 aromatic carbocycles. The first kappa shape index (κ1) is 12.5. The molecule has 2 N–H and O–H groups in total.